The van der Waals surface area contributed by atoms with Crippen molar-refractivity contribution in [3.8, 4) is 22.6 Å². The average Bonchev–Trinajstić information content (AvgIpc) is 2.84. The van der Waals surface area contributed by atoms with Gasteiger partial charge in [0.05, 0.1) is 18.1 Å². The summed E-state index contributed by atoms with van der Waals surface area (Å²) in [6.07, 6.45) is 3.35. The van der Waals surface area contributed by atoms with Crippen LogP contribution in [0.2, 0.25) is 10.3 Å². The predicted molar refractivity (Wildman–Crippen MR) is 84.4 cm³/mol. The summed E-state index contributed by atoms with van der Waals surface area (Å²) in [5, 5.41) is 0.661. The van der Waals surface area contributed by atoms with E-state index in [2.05, 4.69) is 15.0 Å². The normalized spacial score (nSPS) is 10.9. The first kappa shape index (κ1) is 14.0. The Balaban J connectivity index is 2.15. The van der Waals surface area contributed by atoms with Gasteiger partial charge in [0.25, 0.3) is 0 Å². The van der Waals surface area contributed by atoms with Crippen molar-refractivity contribution in [1.82, 2.24) is 19.5 Å². The van der Waals surface area contributed by atoms with Gasteiger partial charge in [0.15, 0.2) is 5.82 Å². The van der Waals surface area contributed by atoms with Gasteiger partial charge < -0.3 is 4.57 Å². The number of aryl methyl sites for hydroxylation is 2. The number of rotatable bonds is 2. The second-order valence-electron chi connectivity index (χ2n) is 4.76. The van der Waals surface area contributed by atoms with Crippen LogP contribution in [-0.2, 0) is 7.05 Å². The van der Waals surface area contributed by atoms with Gasteiger partial charge in [0.1, 0.15) is 16.0 Å². The van der Waals surface area contributed by atoms with Gasteiger partial charge >= 0.3 is 0 Å². The first-order valence-electron chi connectivity index (χ1n) is 6.33. The van der Waals surface area contributed by atoms with Crippen LogP contribution in [0.25, 0.3) is 22.6 Å². The third kappa shape index (κ3) is 2.64. The SMILES string of the molecule is Cc1cccc(-c2c(Cl)nc(-c3cncn3C)nc2Cl)c1. The maximum atomic E-state index is 6.33. The van der Waals surface area contributed by atoms with E-state index < -0.39 is 0 Å². The predicted octanol–water partition coefficient (Wildman–Crippen LogP) is 4.16. The van der Waals surface area contributed by atoms with Crippen LogP contribution in [0.5, 0.6) is 0 Å². The first-order chi connectivity index (χ1) is 10.1. The number of hydrogen-bond acceptors (Lipinski definition) is 3. The molecular weight excluding hydrogens is 307 g/mol. The van der Waals surface area contributed by atoms with Crippen molar-refractivity contribution in [2.45, 2.75) is 6.92 Å². The molecule has 0 aliphatic carbocycles. The monoisotopic (exact) mass is 318 g/mol. The second-order valence-corrected chi connectivity index (χ2v) is 5.48. The van der Waals surface area contributed by atoms with Crippen LogP contribution in [-0.4, -0.2) is 19.5 Å². The Labute approximate surface area is 132 Å². The van der Waals surface area contributed by atoms with E-state index in [0.717, 1.165) is 16.8 Å². The van der Waals surface area contributed by atoms with Gasteiger partial charge in [-0.1, -0.05) is 53.0 Å². The fraction of sp³-hybridized carbons (Fsp3) is 0.133. The Morgan fingerprint density at radius 3 is 2.38 bits per heavy atom. The van der Waals surface area contributed by atoms with E-state index in [1.165, 1.54) is 0 Å². The zero-order chi connectivity index (χ0) is 15.0. The van der Waals surface area contributed by atoms with Crippen LogP contribution in [0.15, 0.2) is 36.8 Å². The van der Waals surface area contributed by atoms with Crippen molar-refractivity contribution in [1.29, 1.82) is 0 Å². The maximum absolute atomic E-state index is 6.33. The van der Waals surface area contributed by atoms with Gasteiger partial charge in [-0.3, -0.25) is 0 Å². The molecule has 0 aliphatic heterocycles. The number of benzene rings is 1. The molecule has 0 spiro atoms. The number of aromatic nitrogens is 4. The molecule has 3 rings (SSSR count). The summed E-state index contributed by atoms with van der Waals surface area (Å²) in [5.74, 6) is 0.460. The van der Waals surface area contributed by atoms with Crippen LogP contribution in [0, 0.1) is 6.92 Å². The van der Waals surface area contributed by atoms with Crippen LogP contribution >= 0.6 is 23.2 Å². The van der Waals surface area contributed by atoms with Gasteiger partial charge in [0, 0.05) is 7.05 Å². The molecular formula is C15H12Cl2N4. The quantitative estimate of drug-likeness (QED) is 0.666. The fourth-order valence-corrected chi connectivity index (χ4v) is 2.74. The highest BCUT2D eigenvalue weighted by molar-refractivity contribution is 6.37. The van der Waals surface area contributed by atoms with Crippen LogP contribution in [0.1, 0.15) is 5.56 Å². The molecule has 0 saturated heterocycles. The largest absolute Gasteiger partial charge is 0.331 e. The highest BCUT2D eigenvalue weighted by Crippen LogP contribution is 2.34. The lowest BCUT2D eigenvalue weighted by atomic mass is 10.1. The molecule has 2 heterocycles. The summed E-state index contributed by atoms with van der Waals surface area (Å²) in [4.78, 5) is 12.8. The molecule has 1 aromatic carbocycles. The molecule has 6 heteroatoms. The minimum atomic E-state index is 0.330. The number of nitrogens with zero attached hydrogens (tertiary/aromatic N) is 4. The summed E-state index contributed by atoms with van der Waals surface area (Å²) in [5.41, 5.74) is 3.43. The Morgan fingerprint density at radius 1 is 1.10 bits per heavy atom. The standard InChI is InChI=1S/C15H12Cl2N4/c1-9-4-3-5-10(6-9)12-13(16)19-15(20-14(12)17)11-7-18-8-21(11)2/h3-8H,1-2H3. The summed E-state index contributed by atoms with van der Waals surface area (Å²) < 4.78 is 1.81. The lowest BCUT2D eigenvalue weighted by Crippen LogP contribution is -1.98. The smallest absolute Gasteiger partial charge is 0.180 e. The molecule has 2 aromatic heterocycles. The van der Waals surface area contributed by atoms with E-state index in [1.807, 2.05) is 42.8 Å². The summed E-state index contributed by atoms with van der Waals surface area (Å²) >= 11 is 12.7. The summed E-state index contributed by atoms with van der Waals surface area (Å²) in [6, 6.07) is 7.90. The average molecular weight is 319 g/mol. The molecule has 0 amide bonds. The molecule has 4 nitrogen and oxygen atoms in total. The number of imidazole rings is 1. The van der Waals surface area contributed by atoms with Crippen molar-refractivity contribution in [3.05, 3.63) is 52.7 Å². The van der Waals surface area contributed by atoms with Crippen LogP contribution in [0.3, 0.4) is 0 Å². The van der Waals surface area contributed by atoms with Crippen molar-refractivity contribution in [3.63, 3.8) is 0 Å². The van der Waals surface area contributed by atoms with E-state index in [1.54, 1.807) is 12.5 Å². The minimum absolute atomic E-state index is 0.330. The molecule has 106 valence electrons. The Hall–Kier alpha value is -1.91. The van der Waals surface area contributed by atoms with E-state index in [-0.39, 0.29) is 0 Å². The van der Waals surface area contributed by atoms with Crippen molar-refractivity contribution >= 4 is 23.2 Å². The van der Waals surface area contributed by atoms with E-state index in [9.17, 15) is 0 Å². The molecule has 21 heavy (non-hydrogen) atoms. The van der Waals surface area contributed by atoms with Crippen LogP contribution in [0.4, 0.5) is 0 Å². The van der Waals surface area contributed by atoms with E-state index in [0.29, 0.717) is 21.7 Å². The second kappa shape index (κ2) is 5.47. The van der Waals surface area contributed by atoms with Gasteiger partial charge in [-0.2, -0.15) is 0 Å². The highest BCUT2D eigenvalue weighted by Gasteiger charge is 2.16. The lowest BCUT2D eigenvalue weighted by Gasteiger charge is -2.09. The zero-order valence-corrected chi connectivity index (χ0v) is 13.0. The van der Waals surface area contributed by atoms with Gasteiger partial charge in [-0.25, -0.2) is 15.0 Å². The zero-order valence-electron chi connectivity index (χ0n) is 11.5. The molecule has 0 N–H and O–H groups in total. The van der Waals surface area contributed by atoms with Gasteiger partial charge in [-0.15, -0.1) is 0 Å². The third-order valence-corrected chi connectivity index (χ3v) is 3.72. The molecule has 0 unspecified atom stereocenters. The Bertz CT molecular complexity index is 788. The van der Waals surface area contributed by atoms with Gasteiger partial charge in [0.2, 0.25) is 0 Å². The summed E-state index contributed by atoms with van der Waals surface area (Å²) in [6.45, 7) is 2.01. The number of halogens is 2. The summed E-state index contributed by atoms with van der Waals surface area (Å²) in [7, 11) is 1.86. The van der Waals surface area contributed by atoms with E-state index >= 15 is 0 Å². The molecule has 0 aliphatic rings. The molecule has 0 atom stereocenters. The van der Waals surface area contributed by atoms with E-state index in [4.69, 9.17) is 23.2 Å². The molecule has 3 aromatic rings. The number of hydrogen-bond donors (Lipinski definition) is 0. The maximum Gasteiger partial charge on any atom is 0.180 e. The molecule has 0 fully saturated rings. The Kier molecular flexibility index (Phi) is 3.66. The van der Waals surface area contributed by atoms with Gasteiger partial charge in [-0.05, 0) is 12.5 Å². The first-order valence-corrected chi connectivity index (χ1v) is 7.08. The molecule has 0 radical (unpaired) electrons. The van der Waals surface area contributed by atoms with Crippen LogP contribution < -0.4 is 0 Å². The molecule has 0 bridgehead atoms. The fourth-order valence-electron chi connectivity index (χ4n) is 2.13. The topological polar surface area (TPSA) is 43.6 Å². The lowest BCUT2D eigenvalue weighted by molar-refractivity contribution is 0.908. The van der Waals surface area contributed by atoms with Crippen molar-refractivity contribution in [2.24, 2.45) is 7.05 Å². The van der Waals surface area contributed by atoms with Crippen molar-refractivity contribution in [2.75, 3.05) is 0 Å². The highest BCUT2D eigenvalue weighted by atomic mass is 35.5. The Morgan fingerprint density at radius 2 is 1.81 bits per heavy atom. The molecule has 0 saturated carbocycles. The minimum Gasteiger partial charge on any atom is -0.331 e. The third-order valence-electron chi connectivity index (χ3n) is 3.17. The van der Waals surface area contributed by atoms with Crippen molar-refractivity contribution < 1.29 is 0 Å².